The molecule has 0 atom stereocenters. The first kappa shape index (κ1) is 15.0. The van der Waals surface area contributed by atoms with Crippen molar-refractivity contribution >= 4 is 34.8 Å². The van der Waals surface area contributed by atoms with Crippen LogP contribution < -0.4 is 10.6 Å². The van der Waals surface area contributed by atoms with E-state index in [2.05, 4.69) is 26.0 Å². The molecule has 3 rings (SSSR count). The van der Waals surface area contributed by atoms with E-state index >= 15 is 0 Å². The monoisotopic (exact) mass is 329 g/mol. The lowest BCUT2D eigenvalue weighted by Crippen LogP contribution is -2.14. The zero-order chi connectivity index (χ0) is 16.2. The molecule has 0 aliphatic carbocycles. The summed E-state index contributed by atoms with van der Waals surface area (Å²) in [6.45, 7) is 1.73. The van der Waals surface area contributed by atoms with E-state index in [9.17, 15) is 4.79 Å². The summed E-state index contributed by atoms with van der Waals surface area (Å²) in [4.78, 5) is 12.0. The summed E-state index contributed by atoms with van der Waals surface area (Å²) in [5.41, 5.74) is 0.870. The van der Waals surface area contributed by atoms with Gasteiger partial charge in [-0.05, 0) is 31.2 Å². The molecule has 0 aliphatic rings. The molecule has 1 aromatic carbocycles. The fourth-order valence-electron chi connectivity index (χ4n) is 1.83. The number of nitrogens with zero attached hydrogens (tertiary/aromatic N) is 3. The second-order valence-corrected chi connectivity index (χ2v) is 5.09. The van der Waals surface area contributed by atoms with Crippen LogP contribution in [0.3, 0.4) is 0 Å². The Balaban J connectivity index is 1.69. The predicted molar refractivity (Wildman–Crippen MR) is 86.0 cm³/mol. The van der Waals surface area contributed by atoms with E-state index in [1.54, 1.807) is 31.2 Å². The van der Waals surface area contributed by atoms with Gasteiger partial charge in [0.05, 0.1) is 10.7 Å². The SMILES string of the molecule is Cc1cc(NC(=O)c2ccc(Nc3ccccc3Cl)nn2)no1. The number of hydrogen-bond acceptors (Lipinski definition) is 6. The lowest BCUT2D eigenvalue weighted by Gasteiger charge is -2.07. The molecule has 0 aliphatic heterocycles. The van der Waals surface area contributed by atoms with E-state index in [0.29, 0.717) is 28.1 Å². The third-order valence-corrected chi connectivity index (χ3v) is 3.23. The number of hydrogen-bond donors (Lipinski definition) is 2. The highest BCUT2D eigenvalue weighted by Gasteiger charge is 2.11. The van der Waals surface area contributed by atoms with E-state index in [4.69, 9.17) is 16.1 Å². The maximum Gasteiger partial charge on any atom is 0.277 e. The molecule has 0 radical (unpaired) electrons. The van der Waals surface area contributed by atoms with Crippen molar-refractivity contribution in [2.24, 2.45) is 0 Å². The minimum absolute atomic E-state index is 0.162. The maximum atomic E-state index is 12.0. The molecule has 1 amide bonds. The van der Waals surface area contributed by atoms with Crippen LogP contribution in [0, 0.1) is 6.92 Å². The Morgan fingerprint density at radius 2 is 1.96 bits per heavy atom. The Morgan fingerprint density at radius 1 is 1.13 bits per heavy atom. The average Bonchev–Trinajstić information content (AvgIpc) is 2.95. The molecule has 2 heterocycles. The van der Waals surface area contributed by atoms with Gasteiger partial charge < -0.3 is 15.2 Å². The number of aromatic nitrogens is 3. The molecular weight excluding hydrogens is 318 g/mol. The van der Waals surface area contributed by atoms with E-state index < -0.39 is 5.91 Å². The lowest BCUT2D eigenvalue weighted by molar-refractivity contribution is 0.102. The van der Waals surface area contributed by atoms with Gasteiger partial charge in [-0.2, -0.15) is 0 Å². The van der Waals surface area contributed by atoms with Crippen molar-refractivity contribution in [3.8, 4) is 0 Å². The summed E-state index contributed by atoms with van der Waals surface area (Å²) in [7, 11) is 0. The molecule has 2 N–H and O–H groups in total. The summed E-state index contributed by atoms with van der Waals surface area (Å²) in [5.74, 6) is 0.986. The topological polar surface area (TPSA) is 92.9 Å². The summed E-state index contributed by atoms with van der Waals surface area (Å²) in [6, 6.07) is 12.1. The van der Waals surface area contributed by atoms with Crippen molar-refractivity contribution in [1.82, 2.24) is 15.4 Å². The highest BCUT2D eigenvalue weighted by atomic mass is 35.5. The molecule has 0 unspecified atom stereocenters. The molecule has 7 nitrogen and oxygen atoms in total. The number of carbonyl (C=O) groups is 1. The molecule has 8 heteroatoms. The number of carbonyl (C=O) groups excluding carboxylic acids is 1. The van der Waals surface area contributed by atoms with Crippen LogP contribution in [0.4, 0.5) is 17.3 Å². The van der Waals surface area contributed by atoms with Crippen LogP contribution in [-0.2, 0) is 0 Å². The van der Waals surface area contributed by atoms with Crippen molar-refractivity contribution in [3.63, 3.8) is 0 Å². The van der Waals surface area contributed by atoms with Crippen LogP contribution in [-0.4, -0.2) is 21.3 Å². The van der Waals surface area contributed by atoms with Gasteiger partial charge >= 0.3 is 0 Å². The van der Waals surface area contributed by atoms with E-state index in [-0.39, 0.29) is 5.69 Å². The zero-order valence-electron chi connectivity index (χ0n) is 12.1. The van der Waals surface area contributed by atoms with E-state index in [0.717, 1.165) is 0 Å². The highest BCUT2D eigenvalue weighted by Crippen LogP contribution is 2.23. The smallest absolute Gasteiger partial charge is 0.277 e. The summed E-state index contributed by atoms with van der Waals surface area (Å²) in [6.07, 6.45) is 0. The Labute approximate surface area is 136 Å². The summed E-state index contributed by atoms with van der Waals surface area (Å²) >= 11 is 6.06. The summed E-state index contributed by atoms with van der Waals surface area (Å²) < 4.78 is 4.87. The number of nitrogens with one attached hydrogen (secondary N) is 2. The number of benzene rings is 1. The number of rotatable bonds is 4. The minimum Gasteiger partial charge on any atom is -0.360 e. The number of para-hydroxylation sites is 1. The minimum atomic E-state index is -0.421. The summed E-state index contributed by atoms with van der Waals surface area (Å²) in [5, 5.41) is 17.7. The van der Waals surface area contributed by atoms with E-state index in [1.807, 2.05) is 18.2 Å². The fraction of sp³-hybridized carbons (Fsp3) is 0.0667. The third-order valence-electron chi connectivity index (χ3n) is 2.90. The van der Waals surface area contributed by atoms with Crippen molar-refractivity contribution < 1.29 is 9.32 Å². The van der Waals surface area contributed by atoms with Gasteiger partial charge in [0.15, 0.2) is 17.3 Å². The molecule has 0 spiro atoms. The van der Waals surface area contributed by atoms with Crippen LogP contribution >= 0.6 is 11.6 Å². The van der Waals surface area contributed by atoms with Crippen molar-refractivity contribution in [3.05, 3.63) is 58.9 Å². The van der Waals surface area contributed by atoms with Gasteiger partial charge in [0.25, 0.3) is 5.91 Å². The second kappa shape index (κ2) is 6.45. The molecule has 0 fully saturated rings. The van der Waals surface area contributed by atoms with Gasteiger partial charge in [0.2, 0.25) is 0 Å². The number of halogens is 1. The lowest BCUT2D eigenvalue weighted by atomic mass is 10.3. The molecule has 3 aromatic rings. The van der Waals surface area contributed by atoms with E-state index in [1.165, 1.54) is 0 Å². The van der Waals surface area contributed by atoms with Crippen molar-refractivity contribution in [1.29, 1.82) is 0 Å². The first-order chi connectivity index (χ1) is 11.1. The molecule has 116 valence electrons. The van der Waals surface area contributed by atoms with Crippen LogP contribution in [0.1, 0.15) is 16.2 Å². The number of amides is 1. The Kier molecular flexibility index (Phi) is 4.20. The van der Waals surface area contributed by atoms with Gasteiger partial charge in [0, 0.05) is 6.07 Å². The largest absolute Gasteiger partial charge is 0.360 e. The second-order valence-electron chi connectivity index (χ2n) is 4.69. The van der Waals surface area contributed by atoms with Gasteiger partial charge in [-0.3, -0.25) is 4.79 Å². The Bertz CT molecular complexity index is 832. The Morgan fingerprint density at radius 3 is 2.61 bits per heavy atom. The molecule has 2 aromatic heterocycles. The quantitative estimate of drug-likeness (QED) is 0.761. The molecule has 0 saturated heterocycles. The molecular formula is C15H12ClN5O2. The van der Waals surface area contributed by atoms with Crippen molar-refractivity contribution in [2.75, 3.05) is 10.6 Å². The standard InChI is InChI=1S/C15H12ClN5O2/c1-9-8-14(21-23-9)18-15(22)12-6-7-13(20-19-12)17-11-5-3-2-4-10(11)16/h2-8H,1H3,(H,17,20)(H,18,21,22). The van der Waals surface area contributed by atoms with Crippen LogP contribution in [0.15, 0.2) is 47.0 Å². The first-order valence-electron chi connectivity index (χ1n) is 6.72. The normalized spacial score (nSPS) is 10.3. The van der Waals surface area contributed by atoms with Gasteiger partial charge in [-0.15, -0.1) is 10.2 Å². The molecule has 0 bridgehead atoms. The van der Waals surface area contributed by atoms with Crippen LogP contribution in [0.2, 0.25) is 5.02 Å². The van der Waals surface area contributed by atoms with Gasteiger partial charge in [0.1, 0.15) is 5.76 Å². The molecule has 23 heavy (non-hydrogen) atoms. The predicted octanol–water partition coefficient (Wildman–Crippen LogP) is 3.42. The molecule has 0 saturated carbocycles. The first-order valence-corrected chi connectivity index (χ1v) is 7.09. The zero-order valence-corrected chi connectivity index (χ0v) is 12.8. The van der Waals surface area contributed by atoms with Crippen molar-refractivity contribution in [2.45, 2.75) is 6.92 Å². The third kappa shape index (κ3) is 3.64. The van der Waals surface area contributed by atoms with Gasteiger partial charge in [-0.25, -0.2) is 0 Å². The fourth-order valence-corrected chi connectivity index (χ4v) is 2.01. The Hall–Kier alpha value is -2.93. The van der Waals surface area contributed by atoms with Gasteiger partial charge in [-0.1, -0.05) is 28.9 Å². The highest BCUT2D eigenvalue weighted by molar-refractivity contribution is 6.33. The average molecular weight is 330 g/mol. The number of aryl methyl sites for hydroxylation is 1. The number of anilines is 3. The van der Waals surface area contributed by atoms with Crippen LogP contribution in [0.25, 0.3) is 0 Å². The van der Waals surface area contributed by atoms with Crippen LogP contribution in [0.5, 0.6) is 0 Å². The maximum absolute atomic E-state index is 12.0.